The minimum atomic E-state index is -1.91. The lowest BCUT2D eigenvalue weighted by Gasteiger charge is -2.44. The standard InChI is InChI=1S/C20H20O8/c1-9(21)20(19(25)28-4)14-10-7-5-6-8-11(10)15(20)13(18(24)27-3)16(22)12(14)17(23)26-2/h5-8,12-15H,1-4H3/t12-,13+,14+,15-,20?. The van der Waals surface area contributed by atoms with Crippen LogP contribution in [0.4, 0.5) is 0 Å². The number of carbonyl (C=O) groups excluding carboxylic acids is 5. The summed E-state index contributed by atoms with van der Waals surface area (Å²) in [6, 6.07) is 6.63. The van der Waals surface area contributed by atoms with Crippen molar-refractivity contribution in [3.8, 4) is 0 Å². The van der Waals surface area contributed by atoms with Crippen LogP contribution in [0.1, 0.15) is 29.9 Å². The summed E-state index contributed by atoms with van der Waals surface area (Å²) < 4.78 is 14.5. The molecule has 1 aromatic rings. The molecule has 1 fully saturated rings. The number of hydrogen-bond donors (Lipinski definition) is 0. The summed E-state index contributed by atoms with van der Waals surface area (Å²) in [7, 11) is 3.32. The maximum absolute atomic E-state index is 13.2. The van der Waals surface area contributed by atoms with E-state index >= 15 is 0 Å². The molecule has 0 aromatic heterocycles. The van der Waals surface area contributed by atoms with Gasteiger partial charge in [-0.3, -0.25) is 24.0 Å². The number of ether oxygens (including phenoxy) is 3. The minimum absolute atomic E-state index is 0.475. The van der Waals surface area contributed by atoms with E-state index in [2.05, 4.69) is 0 Å². The molecule has 8 nitrogen and oxygen atoms in total. The van der Waals surface area contributed by atoms with Gasteiger partial charge in [0.2, 0.25) is 0 Å². The number of Topliss-reactive ketones (excluding diaryl/α,β-unsaturated/α-hetero) is 2. The quantitative estimate of drug-likeness (QED) is 0.422. The van der Waals surface area contributed by atoms with Gasteiger partial charge in [-0.05, 0) is 18.1 Å². The van der Waals surface area contributed by atoms with Crippen LogP contribution in [0.25, 0.3) is 0 Å². The lowest BCUT2D eigenvalue weighted by molar-refractivity contribution is -0.174. The van der Waals surface area contributed by atoms with E-state index in [1.54, 1.807) is 24.3 Å². The highest BCUT2D eigenvalue weighted by molar-refractivity contribution is 6.17. The maximum Gasteiger partial charge on any atom is 0.320 e. The van der Waals surface area contributed by atoms with Crippen LogP contribution in [0.3, 0.4) is 0 Å². The van der Waals surface area contributed by atoms with Gasteiger partial charge < -0.3 is 14.2 Å². The van der Waals surface area contributed by atoms with Crippen molar-refractivity contribution in [2.75, 3.05) is 21.3 Å². The fourth-order valence-corrected chi connectivity index (χ4v) is 4.93. The lowest BCUT2D eigenvalue weighted by Crippen LogP contribution is -2.59. The molecular formula is C20H20O8. The van der Waals surface area contributed by atoms with Crippen LogP contribution in [0, 0.1) is 17.3 Å². The van der Waals surface area contributed by atoms with Gasteiger partial charge in [0.1, 0.15) is 23.0 Å². The number of rotatable bonds is 4. The SMILES string of the molecule is COC(=O)[C@@H]1C(=O)[C@H](C(=O)OC)[C@@H]2c3ccccc3[C@H]1C2(C(C)=O)C(=O)OC. The molecule has 1 saturated carbocycles. The van der Waals surface area contributed by atoms with E-state index in [1.807, 2.05) is 0 Å². The first-order chi connectivity index (χ1) is 13.3. The Labute approximate surface area is 161 Å². The second kappa shape index (κ2) is 6.85. The molecule has 0 amide bonds. The average molecular weight is 388 g/mol. The molecule has 148 valence electrons. The number of benzene rings is 1. The molecule has 5 atom stereocenters. The highest BCUT2D eigenvalue weighted by Gasteiger charge is 2.73. The topological polar surface area (TPSA) is 113 Å². The zero-order valence-electron chi connectivity index (χ0n) is 15.9. The molecule has 2 bridgehead atoms. The third-order valence-electron chi connectivity index (χ3n) is 5.94. The third kappa shape index (κ3) is 2.26. The van der Waals surface area contributed by atoms with Crippen molar-refractivity contribution in [2.24, 2.45) is 17.3 Å². The van der Waals surface area contributed by atoms with E-state index in [1.165, 1.54) is 6.92 Å². The Kier molecular flexibility index (Phi) is 4.82. The van der Waals surface area contributed by atoms with Crippen LogP contribution in [-0.4, -0.2) is 50.8 Å². The molecule has 8 heteroatoms. The Hall–Kier alpha value is -3.03. The van der Waals surface area contributed by atoms with Crippen molar-refractivity contribution in [2.45, 2.75) is 18.8 Å². The molecule has 0 spiro atoms. The predicted molar refractivity (Wildman–Crippen MR) is 93.1 cm³/mol. The molecule has 0 aliphatic heterocycles. The fourth-order valence-electron chi connectivity index (χ4n) is 4.93. The first-order valence-corrected chi connectivity index (χ1v) is 8.66. The van der Waals surface area contributed by atoms with Crippen molar-refractivity contribution in [1.29, 1.82) is 0 Å². The van der Waals surface area contributed by atoms with Gasteiger partial charge in [-0.15, -0.1) is 0 Å². The van der Waals surface area contributed by atoms with Gasteiger partial charge in [0.15, 0.2) is 5.78 Å². The molecule has 0 radical (unpaired) electrons. The van der Waals surface area contributed by atoms with Crippen molar-refractivity contribution in [3.05, 3.63) is 35.4 Å². The van der Waals surface area contributed by atoms with Crippen molar-refractivity contribution < 1.29 is 38.2 Å². The first-order valence-electron chi connectivity index (χ1n) is 8.66. The molecule has 3 rings (SSSR count). The molecule has 1 unspecified atom stereocenters. The van der Waals surface area contributed by atoms with Crippen molar-refractivity contribution >= 4 is 29.5 Å². The highest BCUT2D eigenvalue weighted by atomic mass is 16.5. The summed E-state index contributed by atoms with van der Waals surface area (Å²) in [5.41, 5.74) is -0.962. The Bertz CT molecular complexity index is 833. The van der Waals surface area contributed by atoms with E-state index in [9.17, 15) is 24.0 Å². The Balaban J connectivity index is 2.44. The molecular weight excluding hydrogens is 368 g/mol. The van der Waals surface area contributed by atoms with Gasteiger partial charge in [0.05, 0.1) is 21.3 Å². The summed E-state index contributed by atoms with van der Waals surface area (Å²) in [6.07, 6.45) is 0. The van der Waals surface area contributed by atoms with E-state index in [-0.39, 0.29) is 0 Å². The number of carbonyl (C=O) groups is 5. The molecule has 0 heterocycles. The summed E-state index contributed by atoms with van der Waals surface area (Å²) >= 11 is 0. The van der Waals surface area contributed by atoms with Crippen LogP contribution < -0.4 is 0 Å². The summed E-state index contributed by atoms with van der Waals surface area (Å²) in [5.74, 6) is -9.36. The highest BCUT2D eigenvalue weighted by Crippen LogP contribution is 2.66. The number of hydrogen-bond acceptors (Lipinski definition) is 8. The Morgan fingerprint density at radius 3 is 1.57 bits per heavy atom. The molecule has 1 aromatic carbocycles. The fraction of sp³-hybridized carbons (Fsp3) is 0.450. The summed E-state index contributed by atoms with van der Waals surface area (Å²) in [5, 5.41) is 0. The second-order valence-electron chi connectivity index (χ2n) is 6.91. The zero-order valence-corrected chi connectivity index (χ0v) is 15.9. The molecule has 0 N–H and O–H groups in total. The second-order valence-corrected chi connectivity index (χ2v) is 6.91. The van der Waals surface area contributed by atoms with E-state index in [0.717, 1.165) is 21.3 Å². The normalized spacial score (nSPS) is 30.2. The monoisotopic (exact) mass is 388 g/mol. The smallest absolute Gasteiger partial charge is 0.320 e. The summed E-state index contributed by atoms with van der Waals surface area (Å²) in [6.45, 7) is 1.20. The molecule has 28 heavy (non-hydrogen) atoms. The van der Waals surface area contributed by atoms with Gasteiger partial charge in [0.25, 0.3) is 0 Å². The largest absolute Gasteiger partial charge is 0.468 e. The zero-order chi connectivity index (χ0) is 20.8. The van der Waals surface area contributed by atoms with Crippen molar-refractivity contribution in [3.63, 3.8) is 0 Å². The number of fused-ring (bicyclic) bond motifs is 5. The van der Waals surface area contributed by atoms with E-state index < -0.39 is 58.6 Å². The van der Waals surface area contributed by atoms with E-state index in [0.29, 0.717) is 11.1 Å². The van der Waals surface area contributed by atoms with Gasteiger partial charge in [0, 0.05) is 11.8 Å². The van der Waals surface area contributed by atoms with Gasteiger partial charge >= 0.3 is 17.9 Å². The maximum atomic E-state index is 13.2. The van der Waals surface area contributed by atoms with Crippen LogP contribution in [0.5, 0.6) is 0 Å². The molecule has 2 aliphatic carbocycles. The van der Waals surface area contributed by atoms with Crippen LogP contribution >= 0.6 is 0 Å². The third-order valence-corrected chi connectivity index (χ3v) is 5.94. The van der Waals surface area contributed by atoms with E-state index in [4.69, 9.17) is 14.2 Å². The molecule has 0 saturated heterocycles. The van der Waals surface area contributed by atoms with Gasteiger partial charge in [-0.2, -0.15) is 0 Å². The number of ketones is 2. The number of methoxy groups -OCH3 is 3. The molecule has 2 aliphatic rings. The van der Waals surface area contributed by atoms with Crippen molar-refractivity contribution in [1.82, 2.24) is 0 Å². The predicted octanol–water partition coefficient (Wildman–Crippen LogP) is 0.777. The Morgan fingerprint density at radius 1 is 0.821 bits per heavy atom. The van der Waals surface area contributed by atoms with Crippen LogP contribution in [0.15, 0.2) is 24.3 Å². The Morgan fingerprint density at radius 2 is 1.25 bits per heavy atom. The minimum Gasteiger partial charge on any atom is -0.468 e. The van der Waals surface area contributed by atoms with Crippen LogP contribution in [0.2, 0.25) is 0 Å². The van der Waals surface area contributed by atoms with Crippen LogP contribution in [-0.2, 0) is 38.2 Å². The lowest BCUT2D eigenvalue weighted by atomic mass is 9.54. The first kappa shape index (κ1) is 19.7. The van der Waals surface area contributed by atoms with Gasteiger partial charge in [-0.25, -0.2) is 0 Å². The summed E-state index contributed by atoms with van der Waals surface area (Å²) in [4.78, 5) is 64.4. The van der Waals surface area contributed by atoms with Gasteiger partial charge in [-0.1, -0.05) is 24.3 Å². The average Bonchev–Trinajstić information content (AvgIpc) is 2.93. The number of esters is 3.